The van der Waals surface area contributed by atoms with Crippen LogP contribution in [-0.2, 0) is 11.2 Å². The third-order valence-electron chi connectivity index (χ3n) is 5.13. The molecule has 128 valence electrons. The second-order valence-corrected chi connectivity index (χ2v) is 7.48. The lowest BCUT2D eigenvalue weighted by Crippen LogP contribution is -2.49. The third-order valence-corrected chi connectivity index (χ3v) is 5.13. The molecule has 0 amide bonds. The molecule has 2 nitrogen and oxygen atoms in total. The lowest BCUT2D eigenvalue weighted by molar-refractivity contribution is 0.138. The number of benzene rings is 2. The van der Waals surface area contributed by atoms with E-state index in [2.05, 4.69) is 80.3 Å². The Morgan fingerprint density at radius 2 is 1.71 bits per heavy atom. The standard InChI is InChI=1S/C22H29NO/c1-18-17-22(2,3)23(21-12-8-7-11-20(18)21)14-16-24-15-13-19-9-5-4-6-10-19/h4-12,18H,13-17H2,1-3H3. The van der Waals surface area contributed by atoms with Crippen molar-refractivity contribution in [1.82, 2.24) is 0 Å². The van der Waals surface area contributed by atoms with Gasteiger partial charge in [-0.15, -0.1) is 0 Å². The van der Waals surface area contributed by atoms with Gasteiger partial charge in [0.05, 0.1) is 13.2 Å². The van der Waals surface area contributed by atoms with Crippen molar-refractivity contribution in [1.29, 1.82) is 0 Å². The van der Waals surface area contributed by atoms with Crippen LogP contribution in [0.4, 0.5) is 5.69 Å². The van der Waals surface area contributed by atoms with Crippen LogP contribution in [0.2, 0.25) is 0 Å². The van der Waals surface area contributed by atoms with Crippen LogP contribution in [0.15, 0.2) is 54.6 Å². The van der Waals surface area contributed by atoms with Crippen molar-refractivity contribution in [2.45, 2.75) is 45.1 Å². The fourth-order valence-corrected chi connectivity index (χ4v) is 3.96. The summed E-state index contributed by atoms with van der Waals surface area (Å²) in [6.07, 6.45) is 2.17. The van der Waals surface area contributed by atoms with Gasteiger partial charge in [0, 0.05) is 17.8 Å². The van der Waals surface area contributed by atoms with Gasteiger partial charge in [-0.05, 0) is 49.8 Å². The average Bonchev–Trinajstić information content (AvgIpc) is 2.57. The van der Waals surface area contributed by atoms with E-state index in [1.807, 2.05) is 0 Å². The van der Waals surface area contributed by atoms with Gasteiger partial charge in [0.1, 0.15) is 0 Å². The minimum Gasteiger partial charge on any atom is -0.379 e. The second-order valence-electron chi connectivity index (χ2n) is 7.48. The predicted octanol–water partition coefficient (Wildman–Crippen LogP) is 5.04. The summed E-state index contributed by atoms with van der Waals surface area (Å²) in [6.45, 7) is 9.56. The predicted molar refractivity (Wildman–Crippen MR) is 102 cm³/mol. The summed E-state index contributed by atoms with van der Waals surface area (Å²) in [5.41, 5.74) is 4.38. The van der Waals surface area contributed by atoms with Gasteiger partial charge in [-0.3, -0.25) is 0 Å². The van der Waals surface area contributed by atoms with E-state index in [0.29, 0.717) is 5.92 Å². The third kappa shape index (κ3) is 3.81. The normalized spacial score (nSPS) is 19.1. The van der Waals surface area contributed by atoms with E-state index in [0.717, 1.165) is 26.2 Å². The molecule has 1 unspecified atom stereocenters. The van der Waals surface area contributed by atoms with Crippen LogP contribution in [0, 0.1) is 0 Å². The van der Waals surface area contributed by atoms with E-state index >= 15 is 0 Å². The molecule has 1 heterocycles. The van der Waals surface area contributed by atoms with Crippen molar-refractivity contribution in [2.75, 3.05) is 24.7 Å². The summed E-state index contributed by atoms with van der Waals surface area (Å²) >= 11 is 0. The highest BCUT2D eigenvalue weighted by Crippen LogP contribution is 2.42. The van der Waals surface area contributed by atoms with E-state index < -0.39 is 0 Å². The molecule has 0 spiro atoms. The van der Waals surface area contributed by atoms with Crippen molar-refractivity contribution in [3.8, 4) is 0 Å². The molecule has 24 heavy (non-hydrogen) atoms. The van der Waals surface area contributed by atoms with Crippen LogP contribution in [0.1, 0.15) is 44.2 Å². The molecular formula is C22H29NO. The van der Waals surface area contributed by atoms with Gasteiger partial charge in [-0.25, -0.2) is 0 Å². The Kier molecular flexibility index (Phi) is 5.25. The molecule has 0 saturated carbocycles. The summed E-state index contributed by atoms with van der Waals surface area (Å²) in [5.74, 6) is 0.617. The summed E-state index contributed by atoms with van der Waals surface area (Å²) in [5, 5.41) is 0. The molecule has 2 heteroatoms. The maximum absolute atomic E-state index is 5.93. The first-order chi connectivity index (χ1) is 11.6. The number of ether oxygens (including phenoxy) is 1. The number of rotatable bonds is 6. The van der Waals surface area contributed by atoms with Gasteiger partial charge in [-0.1, -0.05) is 55.5 Å². The highest BCUT2D eigenvalue weighted by molar-refractivity contribution is 5.59. The number of para-hydroxylation sites is 1. The van der Waals surface area contributed by atoms with Crippen LogP contribution in [0.25, 0.3) is 0 Å². The van der Waals surface area contributed by atoms with E-state index in [1.165, 1.54) is 23.2 Å². The molecule has 0 radical (unpaired) electrons. The Morgan fingerprint density at radius 1 is 1.00 bits per heavy atom. The molecule has 3 rings (SSSR count). The fourth-order valence-electron chi connectivity index (χ4n) is 3.96. The van der Waals surface area contributed by atoms with Crippen molar-refractivity contribution < 1.29 is 4.74 Å². The Morgan fingerprint density at radius 3 is 2.50 bits per heavy atom. The lowest BCUT2D eigenvalue weighted by atomic mass is 9.80. The zero-order valence-corrected chi connectivity index (χ0v) is 15.2. The molecule has 0 aromatic heterocycles. The zero-order valence-electron chi connectivity index (χ0n) is 15.2. The number of hydrogen-bond donors (Lipinski definition) is 0. The van der Waals surface area contributed by atoms with Crippen LogP contribution < -0.4 is 4.90 Å². The van der Waals surface area contributed by atoms with E-state index in [9.17, 15) is 0 Å². The molecule has 0 saturated heterocycles. The van der Waals surface area contributed by atoms with Gasteiger partial charge in [0.25, 0.3) is 0 Å². The Bertz CT molecular complexity index is 650. The smallest absolute Gasteiger partial charge is 0.0641 e. The Balaban J connectivity index is 1.57. The maximum atomic E-state index is 5.93. The Hall–Kier alpha value is -1.80. The maximum Gasteiger partial charge on any atom is 0.0641 e. The minimum absolute atomic E-state index is 0.177. The minimum atomic E-state index is 0.177. The zero-order chi connectivity index (χ0) is 17.0. The van der Waals surface area contributed by atoms with E-state index in [4.69, 9.17) is 4.74 Å². The van der Waals surface area contributed by atoms with Gasteiger partial charge in [-0.2, -0.15) is 0 Å². The molecule has 2 aromatic rings. The first-order valence-electron chi connectivity index (χ1n) is 9.06. The first kappa shape index (κ1) is 17.0. The van der Waals surface area contributed by atoms with Crippen LogP contribution in [0.5, 0.6) is 0 Å². The average molecular weight is 323 g/mol. The molecule has 1 atom stereocenters. The molecule has 0 N–H and O–H groups in total. The molecule has 0 bridgehead atoms. The number of nitrogens with zero attached hydrogens (tertiary/aromatic N) is 1. The molecule has 0 aliphatic carbocycles. The summed E-state index contributed by atoms with van der Waals surface area (Å²) in [7, 11) is 0. The SMILES string of the molecule is CC1CC(C)(C)N(CCOCCc2ccccc2)c2ccccc21. The lowest BCUT2D eigenvalue weighted by Gasteiger charge is -2.47. The summed E-state index contributed by atoms with van der Waals surface area (Å²) in [6, 6.07) is 19.4. The largest absolute Gasteiger partial charge is 0.379 e. The van der Waals surface area contributed by atoms with Gasteiger partial charge in [0.2, 0.25) is 0 Å². The summed E-state index contributed by atoms with van der Waals surface area (Å²) < 4.78 is 5.93. The van der Waals surface area contributed by atoms with Crippen molar-refractivity contribution in [2.24, 2.45) is 0 Å². The number of fused-ring (bicyclic) bond motifs is 1. The highest BCUT2D eigenvalue weighted by atomic mass is 16.5. The number of anilines is 1. The van der Waals surface area contributed by atoms with Crippen LogP contribution >= 0.6 is 0 Å². The molecule has 2 aromatic carbocycles. The van der Waals surface area contributed by atoms with Crippen LogP contribution in [0.3, 0.4) is 0 Å². The monoisotopic (exact) mass is 323 g/mol. The highest BCUT2D eigenvalue weighted by Gasteiger charge is 2.35. The molecule has 1 aliphatic heterocycles. The second kappa shape index (κ2) is 7.40. The van der Waals surface area contributed by atoms with Crippen molar-refractivity contribution in [3.63, 3.8) is 0 Å². The topological polar surface area (TPSA) is 12.5 Å². The first-order valence-corrected chi connectivity index (χ1v) is 9.06. The Labute approximate surface area is 146 Å². The van der Waals surface area contributed by atoms with E-state index in [1.54, 1.807) is 0 Å². The van der Waals surface area contributed by atoms with Crippen molar-refractivity contribution >= 4 is 5.69 Å². The van der Waals surface area contributed by atoms with Gasteiger partial charge in [0.15, 0.2) is 0 Å². The quantitative estimate of drug-likeness (QED) is 0.691. The van der Waals surface area contributed by atoms with Crippen LogP contribution in [-0.4, -0.2) is 25.3 Å². The van der Waals surface area contributed by atoms with E-state index in [-0.39, 0.29) is 5.54 Å². The van der Waals surface area contributed by atoms with Gasteiger partial charge < -0.3 is 9.64 Å². The number of hydrogen-bond acceptors (Lipinski definition) is 2. The fraction of sp³-hybridized carbons (Fsp3) is 0.455. The summed E-state index contributed by atoms with van der Waals surface area (Å²) in [4.78, 5) is 2.53. The van der Waals surface area contributed by atoms with Crippen molar-refractivity contribution in [3.05, 3.63) is 65.7 Å². The molecule has 1 aliphatic rings. The van der Waals surface area contributed by atoms with Gasteiger partial charge >= 0.3 is 0 Å². The molecule has 0 fully saturated rings. The molecular weight excluding hydrogens is 294 g/mol.